The molecule has 30 heavy (non-hydrogen) atoms. The van der Waals surface area contributed by atoms with Gasteiger partial charge in [-0.15, -0.1) is 10.2 Å². The second kappa shape index (κ2) is 8.82. The van der Waals surface area contributed by atoms with Crippen LogP contribution in [0.2, 0.25) is 0 Å². The number of nitrogens with zero attached hydrogens (tertiary/aromatic N) is 6. The predicted molar refractivity (Wildman–Crippen MR) is 117 cm³/mol. The lowest BCUT2D eigenvalue weighted by Gasteiger charge is -2.08. The Balaban J connectivity index is 1.60. The van der Waals surface area contributed by atoms with Gasteiger partial charge in [-0.05, 0) is 28.8 Å². The number of aromatic nitrogens is 7. The van der Waals surface area contributed by atoms with Gasteiger partial charge in [-0.25, -0.2) is 9.67 Å². The van der Waals surface area contributed by atoms with E-state index in [1.807, 2.05) is 35.9 Å². The molecule has 0 amide bonds. The average Bonchev–Trinajstić information content (AvgIpc) is 3.43. The van der Waals surface area contributed by atoms with Gasteiger partial charge in [-0.1, -0.05) is 74.5 Å². The number of aromatic amines is 1. The van der Waals surface area contributed by atoms with Crippen molar-refractivity contribution in [1.82, 2.24) is 35.4 Å². The summed E-state index contributed by atoms with van der Waals surface area (Å²) in [5.41, 5.74) is 4.33. The number of tetrazole rings is 1. The Kier molecular flexibility index (Phi) is 5.79. The lowest BCUT2D eigenvalue weighted by Crippen LogP contribution is -2.05. The zero-order chi connectivity index (χ0) is 20.9. The molecule has 0 aliphatic rings. The highest BCUT2D eigenvalue weighted by atomic mass is 15.5. The van der Waals surface area contributed by atoms with E-state index in [0.717, 1.165) is 41.3 Å². The molecule has 0 saturated carbocycles. The summed E-state index contributed by atoms with van der Waals surface area (Å²) >= 11 is 0. The summed E-state index contributed by atoms with van der Waals surface area (Å²) in [6.45, 7) is 7.00. The molecule has 7 heteroatoms. The first-order chi connectivity index (χ1) is 14.7. The second-order valence-corrected chi connectivity index (χ2v) is 7.45. The van der Waals surface area contributed by atoms with E-state index in [1.165, 1.54) is 5.56 Å². The molecule has 0 saturated heterocycles. The molecule has 0 bridgehead atoms. The van der Waals surface area contributed by atoms with Crippen LogP contribution in [-0.4, -0.2) is 35.4 Å². The number of benzene rings is 2. The van der Waals surface area contributed by atoms with Crippen molar-refractivity contribution in [3.05, 3.63) is 77.9 Å². The van der Waals surface area contributed by atoms with Crippen LogP contribution < -0.4 is 0 Å². The van der Waals surface area contributed by atoms with Crippen molar-refractivity contribution in [1.29, 1.82) is 0 Å². The third-order valence-corrected chi connectivity index (χ3v) is 4.94. The molecule has 0 fully saturated rings. The van der Waals surface area contributed by atoms with Crippen LogP contribution in [0.5, 0.6) is 0 Å². The third kappa shape index (κ3) is 4.20. The highest BCUT2D eigenvalue weighted by Gasteiger charge is 2.14. The minimum atomic E-state index is 0.305. The molecule has 2 aromatic heterocycles. The first-order valence-corrected chi connectivity index (χ1v) is 10.1. The van der Waals surface area contributed by atoms with Gasteiger partial charge >= 0.3 is 0 Å². The standard InChI is InChI=1S/C23H25N7/c1-4-5-14-30-21(24-22(27-30)16(2)3)15-17-10-12-18(13-11-17)19-8-6-7-9-20(19)23-25-28-29-26-23/h4-13,16H,14-15H2,1-3H3,(H,25,26,28,29). The maximum absolute atomic E-state index is 4.78. The molecule has 1 N–H and O–H groups in total. The number of H-pyrrole nitrogens is 1. The SMILES string of the molecule is CC=CCn1nc(C(C)C)nc1Cc1ccc(-c2ccccc2-c2nn[nH]n2)cc1. The first-order valence-electron chi connectivity index (χ1n) is 10.1. The van der Waals surface area contributed by atoms with E-state index in [-0.39, 0.29) is 0 Å². The Labute approximate surface area is 175 Å². The molecule has 2 heterocycles. The highest BCUT2D eigenvalue weighted by molar-refractivity contribution is 5.80. The van der Waals surface area contributed by atoms with Crippen LogP contribution in [-0.2, 0) is 13.0 Å². The Morgan fingerprint density at radius 3 is 2.47 bits per heavy atom. The Morgan fingerprint density at radius 1 is 1.03 bits per heavy atom. The molecule has 4 aromatic rings. The Bertz CT molecular complexity index is 1120. The van der Waals surface area contributed by atoms with Gasteiger partial charge in [0.15, 0.2) is 5.82 Å². The minimum Gasteiger partial charge on any atom is -0.246 e. The van der Waals surface area contributed by atoms with Crippen LogP contribution >= 0.6 is 0 Å². The maximum Gasteiger partial charge on any atom is 0.205 e. The fourth-order valence-electron chi connectivity index (χ4n) is 3.31. The van der Waals surface area contributed by atoms with Gasteiger partial charge < -0.3 is 0 Å². The van der Waals surface area contributed by atoms with Crippen LogP contribution in [0, 0.1) is 0 Å². The summed E-state index contributed by atoms with van der Waals surface area (Å²) in [5.74, 6) is 2.77. The van der Waals surface area contributed by atoms with Crippen LogP contribution in [0.4, 0.5) is 0 Å². The molecule has 0 spiro atoms. The third-order valence-electron chi connectivity index (χ3n) is 4.94. The summed E-state index contributed by atoms with van der Waals surface area (Å²) in [6, 6.07) is 16.6. The van der Waals surface area contributed by atoms with Crippen molar-refractivity contribution in [3.63, 3.8) is 0 Å². The largest absolute Gasteiger partial charge is 0.246 e. The van der Waals surface area contributed by atoms with Gasteiger partial charge in [0.2, 0.25) is 5.82 Å². The lowest BCUT2D eigenvalue weighted by atomic mass is 9.98. The van der Waals surface area contributed by atoms with Crippen LogP contribution in [0.1, 0.15) is 43.9 Å². The van der Waals surface area contributed by atoms with E-state index in [1.54, 1.807) is 0 Å². The fourth-order valence-corrected chi connectivity index (χ4v) is 3.31. The van der Waals surface area contributed by atoms with E-state index >= 15 is 0 Å². The Hall–Kier alpha value is -3.61. The molecule has 0 atom stereocenters. The van der Waals surface area contributed by atoms with Crippen molar-refractivity contribution < 1.29 is 0 Å². The summed E-state index contributed by atoms with van der Waals surface area (Å²) in [5, 5.41) is 19.1. The lowest BCUT2D eigenvalue weighted by molar-refractivity contribution is 0.643. The van der Waals surface area contributed by atoms with E-state index in [9.17, 15) is 0 Å². The van der Waals surface area contributed by atoms with Gasteiger partial charge in [-0.3, -0.25) is 0 Å². The summed E-state index contributed by atoms with van der Waals surface area (Å²) in [6.07, 6.45) is 4.88. The first kappa shape index (κ1) is 19.7. The fraction of sp³-hybridized carbons (Fsp3) is 0.261. The highest BCUT2D eigenvalue weighted by Crippen LogP contribution is 2.30. The van der Waals surface area contributed by atoms with Gasteiger partial charge in [0, 0.05) is 17.9 Å². The number of rotatable bonds is 7. The second-order valence-electron chi connectivity index (χ2n) is 7.45. The molecule has 0 unspecified atom stereocenters. The predicted octanol–water partition coefficient (Wildman–Crippen LogP) is 4.42. The van der Waals surface area contributed by atoms with E-state index < -0.39 is 0 Å². The zero-order valence-electron chi connectivity index (χ0n) is 17.4. The van der Waals surface area contributed by atoms with Gasteiger partial charge in [0.1, 0.15) is 5.82 Å². The van der Waals surface area contributed by atoms with Gasteiger partial charge in [-0.2, -0.15) is 10.3 Å². The molecule has 0 aliphatic heterocycles. The topological polar surface area (TPSA) is 85.2 Å². The molecule has 0 aliphatic carbocycles. The van der Waals surface area contributed by atoms with Gasteiger partial charge in [0.25, 0.3) is 0 Å². The van der Waals surface area contributed by atoms with Crippen molar-refractivity contribution >= 4 is 0 Å². The van der Waals surface area contributed by atoms with Gasteiger partial charge in [0.05, 0.1) is 6.54 Å². The monoisotopic (exact) mass is 399 g/mol. The van der Waals surface area contributed by atoms with Crippen molar-refractivity contribution in [3.8, 4) is 22.5 Å². The number of allylic oxidation sites excluding steroid dienone is 2. The van der Waals surface area contributed by atoms with Crippen molar-refractivity contribution in [2.75, 3.05) is 0 Å². The molecule has 4 rings (SSSR count). The van der Waals surface area contributed by atoms with Crippen molar-refractivity contribution in [2.45, 2.75) is 39.7 Å². The van der Waals surface area contributed by atoms with Crippen LogP contribution in [0.15, 0.2) is 60.7 Å². The number of hydrogen-bond acceptors (Lipinski definition) is 5. The van der Waals surface area contributed by atoms with E-state index in [0.29, 0.717) is 11.7 Å². The average molecular weight is 400 g/mol. The Morgan fingerprint density at radius 2 is 1.80 bits per heavy atom. The molecule has 2 aromatic carbocycles. The van der Waals surface area contributed by atoms with Crippen molar-refractivity contribution in [2.24, 2.45) is 0 Å². The minimum absolute atomic E-state index is 0.305. The van der Waals surface area contributed by atoms with Crippen LogP contribution in [0.3, 0.4) is 0 Å². The molecule has 7 nitrogen and oxygen atoms in total. The molecule has 152 valence electrons. The molecular formula is C23H25N7. The smallest absolute Gasteiger partial charge is 0.205 e. The molecular weight excluding hydrogens is 374 g/mol. The maximum atomic E-state index is 4.78. The number of nitrogens with one attached hydrogen (secondary N) is 1. The molecule has 0 radical (unpaired) electrons. The summed E-state index contributed by atoms with van der Waals surface area (Å²) in [4.78, 5) is 4.78. The summed E-state index contributed by atoms with van der Waals surface area (Å²) in [7, 11) is 0. The van der Waals surface area contributed by atoms with Crippen LogP contribution in [0.25, 0.3) is 22.5 Å². The quantitative estimate of drug-likeness (QED) is 0.465. The normalized spacial score (nSPS) is 11.6. The van der Waals surface area contributed by atoms with E-state index in [4.69, 9.17) is 4.98 Å². The zero-order valence-corrected chi connectivity index (χ0v) is 17.4. The number of hydrogen-bond donors (Lipinski definition) is 1. The van der Waals surface area contributed by atoms with E-state index in [2.05, 4.69) is 76.0 Å². The summed E-state index contributed by atoms with van der Waals surface area (Å²) < 4.78 is 1.99.